The molecule has 3 aromatic rings. The Hall–Kier alpha value is -4.13. The van der Waals surface area contributed by atoms with Crippen LogP contribution < -0.4 is 15.0 Å². The lowest BCUT2D eigenvalue weighted by Gasteiger charge is -2.27. The first-order valence-electron chi connectivity index (χ1n) is 10.5. The Morgan fingerprint density at radius 2 is 1.64 bits per heavy atom. The smallest absolute Gasteiger partial charge is 0.416 e. The fraction of sp³-hybridized carbons (Fsp3) is 0.0417. The molecule has 0 atom stereocenters. The van der Waals surface area contributed by atoms with Gasteiger partial charge in [-0.3, -0.25) is 25.0 Å². The van der Waals surface area contributed by atoms with Gasteiger partial charge in [-0.15, -0.1) is 0 Å². The lowest BCUT2D eigenvalue weighted by atomic mass is 10.1. The lowest BCUT2D eigenvalue weighted by Crippen LogP contribution is -2.54. The monoisotopic (exact) mass is 599 g/mol. The average molecular weight is 601 g/mol. The molecule has 15 heteroatoms. The van der Waals surface area contributed by atoms with Crippen LogP contribution in [-0.4, -0.2) is 22.8 Å². The van der Waals surface area contributed by atoms with Crippen molar-refractivity contribution in [3.8, 4) is 11.5 Å². The van der Waals surface area contributed by atoms with Crippen LogP contribution in [0.2, 0.25) is 15.1 Å². The van der Waals surface area contributed by atoms with Gasteiger partial charge in [-0.25, -0.2) is 9.69 Å². The number of barbiturate groups is 1. The van der Waals surface area contributed by atoms with E-state index in [9.17, 15) is 37.7 Å². The first kappa shape index (κ1) is 27.9. The fourth-order valence-corrected chi connectivity index (χ4v) is 4.05. The molecule has 39 heavy (non-hydrogen) atoms. The van der Waals surface area contributed by atoms with E-state index in [0.717, 1.165) is 12.1 Å². The van der Waals surface area contributed by atoms with Crippen molar-refractivity contribution >= 4 is 70.1 Å². The summed E-state index contributed by atoms with van der Waals surface area (Å²) in [5.41, 5.74) is -2.53. The van der Waals surface area contributed by atoms with Crippen molar-refractivity contribution in [3.63, 3.8) is 0 Å². The number of carbonyl (C=O) groups is 3. The number of nitro benzene ring substituents is 1. The van der Waals surface area contributed by atoms with Gasteiger partial charge < -0.3 is 4.74 Å². The predicted octanol–water partition coefficient (Wildman–Crippen LogP) is 7.03. The molecular formula is C24H11Cl3F3N3O6. The third-order valence-corrected chi connectivity index (χ3v) is 6.35. The van der Waals surface area contributed by atoms with Crippen molar-refractivity contribution in [2.75, 3.05) is 4.90 Å². The van der Waals surface area contributed by atoms with Crippen LogP contribution in [-0.2, 0) is 15.8 Å². The largest absolute Gasteiger partial charge is 0.449 e. The number of hydrogen-bond donors (Lipinski definition) is 1. The van der Waals surface area contributed by atoms with E-state index in [4.69, 9.17) is 39.5 Å². The molecule has 0 aromatic heterocycles. The van der Waals surface area contributed by atoms with Crippen molar-refractivity contribution in [2.24, 2.45) is 0 Å². The van der Waals surface area contributed by atoms with Gasteiger partial charge in [0.1, 0.15) is 11.3 Å². The van der Waals surface area contributed by atoms with E-state index in [1.54, 1.807) is 0 Å². The molecule has 1 N–H and O–H groups in total. The number of alkyl halides is 3. The van der Waals surface area contributed by atoms with Crippen molar-refractivity contribution in [1.82, 2.24) is 5.32 Å². The van der Waals surface area contributed by atoms with Crippen LogP contribution in [0.15, 0.2) is 60.2 Å². The first-order valence-corrected chi connectivity index (χ1v) is 11.6. The van der Waals surface area contributed by atoms with Crippen molar-refractivity contribution in [3.05, 3.63) is 96.5 Å². The molecule has 3 aromatic carbocycles. The summed E-state index contributed by atoms with van der Waals surface area (Å²) in [6, 6.07) is 8.68. The SMILES string of the molecule is O=C1NC(=O)N(c2cccc(Cl)c2Cl)C(=O)/C1=C/c1ccc(Oc2ccc(C(F)(F)F)cc2[N+](=O)[O-])c(Cl)c1. The quantitative estimate of drug-likeness (QED) is 0.145. The molecular weight excluding hydrogens is 590 g/mol. The molecule has 0 bridgehead atoms. The number of carbonyl (C=O) groups excluding carboxylic acids is 3. The normalized spacial score (nSPS) is 15.0. The van der Waals surface area contributed by atoms with Crippen LogP contribution in [0.4, 0.5) is 29.3 Å². The number of anilines is 1. The Labute approximate surface area is 231 Å². The van der Waals surface area contributed by atoms with E-state index in [1.807, 2.05) is 5.32 Å². The van der Waals surface area contributed by atoms with E-state index >= 15 is 0 Å². The number of ether oxygens (including phenoxy) is 1. The summed E-state index contributed by atoms with van der Waals surface area (Å²) in [7, 11) is 0. The molecule has 0 saturated carbocycles. The third kappa shape index (κ3) is 5.67. The highest BCUT2D eigenvalue weighted by atomic mass is 35.5. The molecule has 1 heterocycles. The van der Waals surface area contributed by atoms with Crippen LogP contribution in [0.25, 0.3) is 6.08 Å². The second-order valence-electron chi connectivity index (χ2n) is 7.76. The molecule has 200 valence electrons. The predicted molar refractivity (Wildman–Crippen MR) is 135 cm³/mol. The second kappa shape index (κ2) is 10.6. The fourth-order valence-electron chi connectivity index (χ4n) is 3.44. The zero-order chi connectivity index (χ0) is 28.6. The number of nitro groups is 1. The molecule has 0 radical (unpaired) electrons. The minimum absolute atomic E-state index is 0.0628. The maximum atomic E-state index is 13.1. The maximum absolute atomic E-state index is 13.1. The summed E-state index contributed by atoms with van der Waals surface area (Å²) >= 11 is 18.3. The summed E-state index contributed by atoms with van der Waals surface area (Å²) < 4.78 is 44.2. The van der Waals surface area contributed by atoms with Crippen molar-refractivity contribution in [2.45, 2.75) is 6.18 Å². The maximum Gasteiger partial charge on any atom is 0.416 e. The topological polar surface area (TPSA) is 119 Å². The number of amides is 4. The first-order chi connectivity index (χ1) is 18.3. The summed E-state index contributed by atoms with van der Waals surface area (Å²) in [4.78, 5) is 48.8. The second-order valence-corrected chi connectivity index (χ2v) is 8.95. The van der Waals surface area contributed by atoms with Gasteiger partial charge in [0.05, 0.1) is 31.2 Å². The minimum Gasteiger partial charge on any atom is -0.449 e. The Bertz CT molecular complexity index is 1590. The van der Waals surface area contributed by atoms with Crippen LogP contribution in [0.3, 0.4) is 0 Å². The number of nitrogens with one attached hydrogen (secondary N) is 1. The number of urea groups is 1. The van der Waals surface area contributed by atoms with Crippen LogP contribution in [0, 0.1) is 10.1 Å². The highest BCUT2D eigenvalue weighted by Gasteiger charge is 2.38. The van der Waals surface area contributed by atoms with Gasteiger partial charge in [-0.1, -0.05) is 46.9 Å². The third-order valence-electron chi connectivity index (χ3n) is 5.24. The molecule has 4 rings (SSSR count). The summed E-state index contributed by atoms with van der Waals surface area (Å²) in [5.74, 6) is -2.68. The summed E-state index contributed by atoms with van der Waals surface area (Å²) in [6.45, 7) is 0. The molecule has 1 saturated heterocycles. The van der Waals surface area contributed by atoms with Crippen LogP contribution in [0.1, 0.15) is 11.1 Å². The van der Waals surface area contributed by atoms with E-state index < -0.39 is 51.5 Å². The van der Waals surface area contributed by atoms with Gasteiger partial charge in [0.25, 0.3) is 11.8 Å². The number of nitrogens with zero attached hydrogens (tertiary/aromatic N) is 2. The molecule has 0 aliphatic carbocycles. The molecule has 0 unspecified atom stereocenters. The number of imide groups is 2. The number of halogens is 6. The minimum atomic E-state index is -4.81. The van der Waals surface area contributed by atoms with Gasteiger partial charge in [-0.2, -0.15) is 13.2 Å². The van der Waals surface area contributed by atoms with Crippen LogP contribution >= 0.6 is 34.8 Å². The highest BCUT2D eigenvalue weighted by molar-refractivity contribution is 6.46. The van der Waals surface area contributed by atoms with Crippen molar-refractivity contribution in [1.29, 1.82) is 0 Å². The molecule has 0 spiro atoms. The van der Waals surface area contributed by atoms with E-state index in [-0.39, 0.29) is 32.1 Å². The van der Waals surface area contributed by atoms with Gasteiger partial charge in [0, 0.05) is 6.07 Å². The van der Waals surface area contributed by atoms with E-state index in [2.05, 4.69) is 0 Å². The van der Waals surface area contributed by atoms with Gasteiger partial charge in [-0.05, 0) is 48.0 Å². The number of rotatable bonds is 5. The molecule has 1 aliphatic rings. The zero-order valence-corrected chi connectivity index (χ0v) is 21.2. The average Bonchev–Trinajstić information content (AvgIpc) is 2.85. The molecule has 4 amide bonds. The Morgan fingerprint density at radius 1 is 0.949 bits per heavy atom. The number of hydrogen-bond acceptors (Lipinski definition) is 6. The van der Waals surface area contributed by atoms with Gasteiger partial charge in [0.2, 0.25) is 5.75 Å². The van der Waals surface area contributed by atoms with E-state index in [1.165, 1.54) is 36.4 Å². The molecule has 9 nitrogen and oxygen atoms in total. The number of benzene rings is 3. The lowest BCUT2D eigenvalue weighted by molar-refractivity contribution is -0.385. The Balaban J connectivity index is 1.65. The summed E-state index contributed by atoms with van der Waals surface area (Å²) in [5, 5.41) is 13.1. The molecule has 1 aliphatic heterocycles. The Morgan fingerprint density at radius 3 is 2.28 bits per heavy atom. The zero-order valence-electron chi connectivity index (χ0n) is 18.9. The van der Waals surface area contributed by atoms with E-state index in [0.29, 0.717) is 17.0 Å². The highest BCUT2D eigenvalue weighted by Crippen LogP contribution is 2.40. The standard InChI is InChI=1S/C24H11Cl3F3N3O6/c25-14-2-1-3-16(20(14)27)32-22(35)13(21(34)31-23(32)36)8-11-4-6-18(15(26)9-11)39-19-7-5-12(24(28,29)30)10-17(19)33(37)38/h1-10H,(H,31,34,36)/b13-8+. The van der Waals surface area contributed by atoms with Crippen LogP contribution in [0.5, 0.6) is 11.5 Å². The van der Waals surface area contributed by atoms with Gasteiger partial charge >= 0.3 is 17.9 Å². The van der Waals surface area contributed by atoms with Crippen molar-refractivity contribution < 1.29 is 37.2 Å². The van der Waals surface area contributed by atoms with Gasteiger partial charge in [0.15, 0.2) is 0 Å². The Kier molecular flexibility index (Phi) is 7.55. The molecule has 1 fully saturated rings. The summed E-state index contributed by atoms with van der Waals surface area (Å²) in [6.07, 6.45) is -3.69.